The van der Waals surface area contributed by atoms with Gasteiger partial charge in [-0.2, -0.15) is 0 Å². The summed E-state index contributed by atoms with van der Waals surface area (Å²) in [4.78, 5) is 24.9. The maximum absolute atomic E-state index is 12.3. The van der Waals surface area contributed by atoms with Gasteiger partial charge >= 0.3 is 6.03 Å². The molecule has 2 atom stereocenters. The standard InChI is InChI=1S/C12H22N4O3/c13-12(18)15-6-9-2-1-4-16(7-9)11(17)10-8-19-5-3-14-10/h9-10,14H,1-8H2,(H3,13,15,18). The third kappa shape index (κ3) is 4.07. The molecular weight excluding hydrogens is 248 g/mol. The highest BCUT2D eigenvalue weighted by molar-refractivity contribution is 5.82. The minimum Gasteiger partial charge on any atom is -0.378 e. The summed E-state index contributed by atoms with van der Waals surface area (Å²) >= 11 is 0. The van der Waals surface area contributed by atoms with Gasteiger partial charge in [0.2, 0.25) is 5.91 Å². The number of amides is 3. The lowest BCUT2D eigenvalue weighted by atomic mass is 9.97. The van der Waals surface area contributed by atoms with Gasteiger partial charge in [-0.25, -0.2) is 4.79 Å². The van der Waals surface area contributed by atoms with Crippen molar-refractivity contribution in [3.05, 3.63) is 0 Å². The summed E-state index contributed by atoms with van der Waals surface area (Å²) in [6.07, 6.45) is 1.98. The second-order valence-corrected chi connectivity index (χ2v) is 5.12. The molecule has 0 saturated carbocycles. The summed E-state index contributed by atoms with van der Waals surface area (Å²) in [6.45, 7) is 3.82. The average molecular weight is 270 g/mol. The van der Waals surface area contributed by atoms with Crippen LogP contribution in [0.4, 0.5) is 4.79 Å². The van der Waals surface area contributed by atoms with Gasteiger partial charge in [0.25, 0.3) is 0 Å². The first-order valence-corrected chi connectivity index (χ1v) is 6.80. The van der Waals surface area contributed by atoms with Gasteiger partial charge in [0.1, 0.15) is 6.04 Å². The fraction of sp³-hybridized carbons (Fsp3) is 0.833. The van der Waals surface area contributed by atoms with E-state index in [9.17, 15) is 9.59 Å². The number of primary amides is 1. The van der Waals surface area contributed by atoms with Crippen LogP contribution in [0.1, 0.15) is 12.8 Å². The molecule has 4 N–H and O–H groups in total. The minimum absolute atomic E-state index is 0.100. The Labute approximate surface area is 112 Å². The molecule has 19 heavy (non-hydrogen) atoms. The molecule has 3 amide bonds. The lowest BCUT2D eigenvalue weighted by Crippen LogP contribution is -2.55. The first-order valence-electron chi connectivity index (χ1n) is 6.80. The molecule has 7 nitrogen and oxygen atoms in total. The number of carbonyl (C=O) groups excluding carboxylic acids is 2. The summed E-state index contributed by atoms with van der Waals surface area (Å²) < 4.78 is 5.32. The topological polar surface area (TPSA) is 96.7 Å². The first kappa shape index (κ1) is 14.1. The Morgan fingerprint density at radius 2 is 2.32 bits per heavy atom. The van der Waals surface area contributed by atoms with Gasteiger partial charge in [-0.05, 0) is 18.8 Å². The third-order valence-electron chi connectivity index (χ3n) is 3.62. The van der Waals surface area contributed by atoms with Crippen molar-refractivity contribution >= 4 is 11.9 Å². The van der Waals surface area contributed by atoms with Crippen LogP contribution in [0.2, 0.25) is 0 Å². The van der Waals surface area contributed by atoms with E-state index >= 15 is 0 Å². The molecular formula is C12H22N4O3. The smallest absolute Gasteiger partial charge is 0.312 e. The molecule has 7 heteroatoms. The SMILES string of the molecule is NC(=O)NCC1CCCN(C(=O)C2COCCN2)C1. The van der Waals surface area contributed by atoms with E-state index < -0.39 is 6.03 Å². The zero-order chi connectivity index (χ0) is 13.7. The van der Waals surface area contributed by atoms with E-state index in [1.165, 1.54) is 0 Å². The van der Waals surface area contributed by atoms with Crippen LogP contribution in [-0.4, -0.2) is 62.3 Å². The summed E-state index contributed by atoms with van der Waals surface area (Å²) in [7, 11) is 0. The second kappa shape index (κ2) is 6.72. The summed E-state index contributed by atoms with van der Waals surface area (Å²) in [5.74, 6) is 0.387. The number of hydrogen-bond acceptors (Lipinski definition) is 4. The first-order chi connectivity index (χ1) is 9.16. The number of nitrogens with two attached hydrogens (primary N) is 1. The maximum Gasteiger partial charge on any atom is 0.312 e. The van der Waals surface area contributed by atoms with Crippen molar-refractivity contribution in [1.29, 1.82) is 0 Å². The van der Waals surface area contributed by atoms with Crippen molar-refractivity contribution in [2.24, 2.45) is 11.7 Å². The number of hydrogen-bond donors (Lipinski definition) is 3. The minimum atomic E-state index is -0.509. The molecule has 2 unspecified atom stereocenters. The van der Waals surface area contributed by atoms with Crippen molar-refractivity contribution in [2.45, 2.75) is 18.9 Å². The number of morpholine rings is 1. The highest BCUT2D eigenvalue weighted by atomic mass is 16.5. The van der Waals surface area contributed by atoms with E-state index in [1.807, 2.05) is 4.90 Å². The molecule has 0 aromatic carbocycles. The average Bonchev–Trinajstić information content (AvgIpc) is 2.45. The van der Waals surface area contributed by atoms with Crippen molar-refractivity contribution in [3.8, 4) is 0 Å². The summed E-state index contributed by atoms with van der Waals surface area (Å²) in [5, 5.41) is 5.79. The summed E-state index contributed by atoms with van der Waals surface area (Å²) in [6, 6.07) is -0.734. The molecule has 108 valence electrons. The van der Waals surface area contributed by atoms with Crippen LogP contribution in [0.25, 0.3) is 0 Å². The molecule has 0 aromatic rings. The van der Waals surface area contributed by atoms with Gasteiger partial charge in [-0.15, -0.1) is 0 Å². The van der Waals surface area contributed by atoms with Crippen LogP contribution in [0.3, 0.4) is 0 Å². The number of nitrogens with zero attached hydrogens (tertiary/aromatic N) is 1. The predicted molar refractivity (Wildman–Crippen MR) is 69.5 cm³/mol. The van der Waals surface area contributed by atoms with Crippen LogP contribution in [0, 0.1) is 5.92 Å². The van der Waals surface area contributed by atoms with Gasteiger partial charge in [0.05, 0.1) is 13.2 Å². The fourth-order valence-electron chi connectivity index (χ4n) is 2.62. The summed E-state index contributed by atoms with van der Waals surface area (Å²) in [5.41, 5.74) is 5.06. The molecule has 2 heterocycles. The van der Waals surface area contributed by atoms with Crippen LogP contribution in [-0.2, 0) is 9.53 Å². The van der Waals surface area contributed by atoms with Gasteiger partial charge in [0.15, 0.2) is 0 Å². The fourth-order valence-corrected chi connectivity index (χ4v) is 2.62. The number of ether oxygens (including phenoxy) is 1. The number of carbonyl (C=O) groups is 2. The molecule has 2 aliphatic heterocycles. The zero-order valence-electron chi connectivity index (χ0n) is 11.1. The van der Waals surface area contributed by atoms with Crippen LogP contribution in [0.15, 0.2) is 0 Å². The van der Waals surface area contributed by atoms with Gasteiger partial charge in [-0.1, -0.05) is 0 Å². The molecule has 0 aliphatic carbocycles. The Balaban J connectivity index is 1.82. The molecule has 0 bridgehead atoms. The van der Waals surface area contributed by atoms with E-state index in [2.05, 4.69) is 10.6 Å². The highest BCUT2D eigenvalue weighted by Crippen LogP contribution is 2.17. The van der Waals surface area contributed by atoms with E-state index in [0.717, 1.165) is 25.9 Å². The number of nitrogens with one attached hydrogen (secondary N) is 2. The molecule has 0 radical (unpaired) electrons. The molecule has 2 aliphatic rings. The maximum atomic E-state index is 12.3. The Morgan fingerprint density at radius 1 is 1.47 bits per heavy atom. The van der Waals surface area contributed by atoms with E-state index in [4.69, 9.17) is 10.5 Å². The second-order valence-electron chi connectivity index (χ2n) is 5.12. The molecule has 0 aromatic heterocycles. The molecule has 2 rings (SSSR count). The Morgan fingerprint density at radius 3 is 3.00 bits per heavy atom. The largest absolute Gasteiger partial charge is 0.378 e. The van der Waals surface area contributed by atoms with Crippen LogP contribution in [0.5, 0.6) is 0 Å². The van der Waals surface area contributed by atoms with E-state index in [0.29, 0.717) is 26.3 Å². The number of piperidine rings is 1. The lowest BCUT2D eigenvalue weighted by molar-refractivity contribution is -0.138. The van der Waals surface area contributed by atoms with Gasteiger partial charge < -0.3 is 26.0 Å². The van der Waals surface area contributed by atoms with Crippen molar-refractivity contribution < 1.29 is 14.3 Å². The van der Waals surface area contributed by atoms with Crippen molar-refractivity contribution in [3.63, 3.8) is 0 Å². The van der Waals surface area contributed by atoms with E-state index in [1.54, 1.807) is 0 Å². The van der Waals surface area contributed by atoms with Gasteiger partial charge in [-0.3, -0.25) is 4.79 Å². The van der Waals surface area contributed by atoms with E-state index in [-0.39, 0.29) is 17.9 Å². The highest BCUT2D eigenvalue weighted by Gasteiger charge is 2.30. The van der Waals surface area contributed by atoms with Crippen LogP contribution < -0.4 is 16.4 Å². The van der Waals surface area contributed by atoms with Crippen LogP contribution >= 0.6 is 0 Å². The molecule has 0 spiro atoms. The predicted octanol–water partition coefficient (Wildman–Crippen LogP) is -1.12. The normalized spacial score (nSPS) is 27.9. The number of rotatable bonds is 3. The zero-order valence-corrected chi connectivity index (χ0v) is 11.1. The monoisotopic (exact) mass is 270 g/mol. The molecule has 2 fully saturated rings. The van der Waals surface area contributed by atoms with Gasteiger partial charge in [0, 0.05) is 26.2 Å². The Bertz CT molecular complexity index is 331. The van der Waals surface area contributed by atoms with Crippen molar-refractivity contribution in [1.82, 2.24) is 15.5 Å². The number of urea groups is 1. The quantitative estimate of drug-likeness (QED) is 0.605. The Kier molecular flexibility index (Phi) is 4.98. The lowest BCUT2D eigenvalue weighted by Gasteiger charge is -2.36. The Hall–Kier alpha value is -1.34. The number of likely N-dealkylation sites (tertiary alicyclic amines) is 1. The van der Waals surface area contributed by atoms with Crippen molar-refractivity contribution in [2.75, 3.05) is 39.4 Å². The third-order valence-corrected chi connectivity index (χ3v) is 3.62. The molecule has 2 saturated heterocycles.